The number of amides is 1. The number of nitrogens with zero attached hydrogens (tertiary/aromatic N) is 6. The molecule has 0 saturated carbocycles. The third-order valence-electron chi connectivity index (χ3n) is 4.75. The molecule has 1 aliphatic heterocycles. The fourth-order valence-electron chi connectivity index (χ4n) is 3.37. The second-order valence-electron chi connectivity index (χ2n) is 7.02. The number of carbonyl (C=O) groups is 1. The summed E-state index contributed by atoms with van der Waals surface area (Å²) in [5.41, 5.74) is 2.85. The Morgan fingerprint density at radius 1 is 1.23 bits per heavy atom. The van der Waals surface area contributed by atoms with Gasteiger partial charge in [0.25, 0.3) is 0 Å². The number of piperazine rings is 1. The lowest BCUT2D eigenvalue weighted by atomic mass is 10.3. The first-order valence-corrected chi connectivity index (χ1v) is 10.7. The van der Waals surface area contributed by atoms with E-state index in [1.54, 1.807) is 11.1 Å². The number of aryl methyl sites for hydroxylation is 2. The highest BCUT2D eigenvalue weighted by Gasteiger charge is 2.26. The molecule has 1 amide bonds. The maximum atomic E-state index is 12.5. The van der Waals surface area contributed by atoms with Crippen molar-refractivity contribution in [2.24, 2.45) is 0 Å². The highest BCUT2D eigenvalue weighted by molar-refractivity contribution is 7.88. The van der Waals surface area contributed by atoms with Gasteiger partial charge in [0, 0.05) is 38.6 Å². The van der Waals surface area contributed by atoms with Crippen molar-refractivity contribution in [1.29, 1.82) is 0 Å². The van der Waals surface area contributed by atoms with E-state index in [0.29, 0.717) is 39.1 Å². The molecule has 2 aromatic heterocycles. The molecule has 1 aliphatic rings. The Balaban J connectivity index is 1.63. The van der Waals surface area contributed by atoms with Crippen LogP contribution in [0.5, 0.6) is 0 Å². The van der Waals surface area contributed by atoms with Crippen molar-refractivity contribution in [3.05, 3.63) is 11.9 Å². The molecule has 1 fully saturated rings. The van der Waals surface area contributed by atoms with Crippen LogP contribution in [-0.4, -0.2) is 75.5 Å². The SMILES string of the molecule is Cc1nn(C(C)C)c2cnn(CCC(=O)N3CCN(S(C)(=O)=O)CC3)c12. The van der Waals surface area contributed by atoms with Gasteiger partial charge < -0.3 is 4.90 Å². The Labute approximate surface area is 153 Å². The van der Waals surface area contributed by atoms with Gasteiger partial charge in [-0.05, 0) is 20.8 Å². The molecular formula is C16H26N6O3S. The molecule has 0 unspecified atom stereocenters. The van der Waals surface area contributed by atoms with Crippen LogP contribution in [-0.2, 0) is 21.4 Å². The van der Waals surface area contributed by atoms with Crippen LogP contribution in [0.25, 0.3) is 11.0 Å². The summed E-state index contributed by atoms with van der Waals surface area (Å²) < 4.78 is 28.3. The van der Waals surface area contributed by atoms with E-state index in [9.17, 15) is 13.2 Å². The fraction of sp³-hybridized carbons (Fsp3) is 0.688. The zero-order chi connectivity index (χ0) is 19.1. The van der Waals surface area contributed by atoms with E-state index in [1.807, 2.05) is 16.3 Å². The van der Waals surface area contributed by atoms with E-state index in [2.05, 4.69) is 24.0 Å². The maximum Gasteiger partial charge on any atom is 0.224 e. The molecule has 3 rings (SSSR count). The Morgan fingerprint density at radius 2 is 1.88 bits per heavy atom. The number of hydrogen-bond donors (Lipinski definition) is 0. The normalized spacial score (nSPS) is 16.7. The summed E-state index contributed by atoms with van der Waals surface area (Å²) in [7, 11) is -3.18. The molecule has 0 bridgehead atoms. The Kier molecular flexibility index (Phi) is 5.07. The van der Waals surface area contributed by atoms with E-state index in [1.165, 1.54) is 10.6 Å². The summed E-state index contributed by atoms with van der Waals surface area (Å²) in [6.45, 7) is 8.17. The topological polar surface area (TPSA) is 93.3 Å². The first kappa shape index (κ1) is 18.8. The number of carbonyl (C=O) groups excluding carboxylic acids is 1. The molecule has 144 valence electrons. The molecule has 0 atom stereocenters. The van der Waals surface area contributed by atoms with Gasteiger partial charge in [0.15, 0.2) is 0 Å². The zero-order valence-electron chi connectivity index (χ0n) is 15.7. The lowest BCUT2D eigenvalue weighted by molar-refractivity contribution is -0.132. The standard InChI is InChI=1S/C16H26N6O3S/c1-12(2)22-14-11-17-21(16(14)13(3)18-22)6-5-15(23)19-7-9-20(10-8-19)26(4,24)25/h11-12H,5-10H2,1-4H3. The zero-order valence-corrected chi connectivity index (χ0v) is 16.5. The van der Waals surface area contributed by atoms with Gasteiger partial charge in [0.05, 0.1) is 24.7 Å². The second-order valence-corrected chi connectivity index (χ2v) is 9.00. The van der Waals surface area contributed by atoms with Crippen molar-refractivity contribution in [2.75, 3.05) is 32.4 Å². The molecule has 26 heavy (non-hydrogen) atoms. The quantitative estimate of drug-likeness (QED) is 0.756. The fourth-order valence-corrected chi connectivity index (χ4v) is 4.20. The number of sulfonamides is 1. The molecule has 0 radical (unpaired) electrons. The lowest BCUT2D eigenvalue weighted by Gasteiger charge is -2.33. The van der Waals surface area contributed by atoms with Gasteiger partial charge in [-0.15, -0.1) is 0 Å². The van der Waals surface area contributed by atoms with Gasteiger partial charge in [0.2, 0.25) is 15.9 Å². The van der Waals surface area contributed by atoms with Crippen LogP contribution in [0.3, 0.4) is 0 Å². The lowest BCUT2D eigenvalue weighted by Crippen LogP contribution is -2.50. The van der Waals surface area contributed by atoms with Crippen LogP contribution in [0.1, 0.15) is 32.0 Å². The van der Waals surface area contributed by atoms with Crippen LogP contribution in [0.4, 0.5) is 0 Å². The average molecular weight is 382 g/mol. The van der Waals surface area contributed by atoms with Crippen LogP contribution in [0.2, 0.25) is 0 Å². The third kappa shape index (κ3) is 3.61. The van der Waals surface area contributed by atoms with Gasteiger partial charge in [-0.2, -0.15) is 14.5 Å². The van der Waals surface area contributed by atoms with Gasteiger partial charge in [-0.3, -0.25) is 14.2 Å². The van der Waals surface area contributed by atoms with E-state index in [0.717, 1.165) is 16.7 Å². The largest absolute Gasteiger partial charge is 0.340 e. The highest BCUT2D eigenvalue weighted by atomic mass is 32.2. The van der Waals surface area contributed by atoms with Crippen molar-refractivity contribution < 1.29 is 13.2 Å². The van der Waals surface area contributed by atoms with Gasteiger partial charge in [-0.25, -0.2) is 8.42 Å². The van der Waals surface area contributed by atoms with E-state index in [-0.39, 0.29) is 11.9 Å². The molecule has 1 saturated heterocycles. The van der Waals surface area contributed by atoms with Gasteiger partial charge >= 0.3 is 0 Å². The minimum atomic E-state index is -3.18. The summed E-state index contributed by atoms with van der Waals surface area (Å²) in [5.74, 6) is 0.0238. The Morgan fingerprint density at radius 3 is 2.46 bits per heavy atom. The molecule has 10 heteroatoms. The predicted molar refractivity (Wildman–Crippen MR) is 98.3 cm³/mol. The van der Waals surface area contributed by atoms with E-state index >= 15 is 0 Å². The van der Waals surface area contributed by atoms with E-state index < -0.39 is 10.0 Å². The summed E-state index contributed by atoms with van der Waals surface area (Å²) in [6, 6.07) is 0.247. The third-order valence-corrected chi connectivity index (χ3v) is 6.06. The minimum Gasteiger partial charge on any atom is -0.340 e. The van der Waals surface area contributed by atoms with Crippen LogP contribution < -0.4 is 0 Å². The number of aromatic nitrogens is 4. The first-order chi connectivity index (χ1) is 12.2. The second kappa shape index (κ2) is 6.99. The van der Waals surface area contributed by atoms with Crippen molar-refractivity contribution in [3.8, 4) is 0 Å². The smallest absolute Gasteiger partial charge is 0.224 e. The minimum absolute atomic E-state index is 0.0238. The van der Waals surface area contributed by atoms with Crippen LogP contribution in [0, 0.1) is 6.92 Å². The molecule has 0 aromatic carbocycles. The predicted octanol–water partition coefficient (Wildman–Crippen LogP) is 0.616. The molecular weight excluding hydrogens is 356 g/mol. The number of fused-ring (bicyclic) bond motifs is 1. The summed E-state index contributed by atoms with van der Waals surface area (Å²) in [6.07, 6.45) is 3.33. The van der Waals surface area contributed by atoms with Crippen molar-refractivity contribution in [2.45, 2.75) is 39.8 Å². The Bertz CT molecular complexity index is 906. The van der Waals surface area contributed by atoms with Crippen molar-refractivity contribution >= 4 is 27.0 Å². The monoisotopic (exact) mass is 382 g/mol. The summed E-state index contributed by atoms with van der Waals surface area (Å²) in [5, 5.41) is 8.97. The van der Waals surface area contributed by atoms with Crippen LogP contribution >= 0.6 is 0 Å². The Hall–Kier alpha value is -1.94. The van der Waals surface area contributed by atoms with Crippen molar-refractivity contribution in [1.82, 2.24) is 28.8 Å². The number of hydrogen-bond acceptors (Lipinski definition) is 5. The average Bonchev–Trinajstić information content (AvgIpc) is 3.13. The van der Waals surface area contributed by atoms with Gasteiger partial charge in [0.1, 0.15) is 11.0 Å². The first-order valence-electron chi connectivity index (χ1n) is 8.82. The van der Waals surface area contributed by atoms with Crippen LogP contribution in [0.15, 0.2) is 6.20 Å². The molecule has 3 heterocycles. The molecule has 9 nitrogen and oxygen atoms in total. The molecule has 0 N–H and O–H groups in total. The summed E-state index contributed by atoms with van der Waals surface area (Å²) >= 11 is 0. The molecule has 2 aromatic rings. The summed E-state index contributed by atoms with van der Waals surface area (Å²) in [4.78, 5) is 14.2. The maximum absolute atomic E-state index is 12.5. The highest BCUT2D eigenvalue weighted by Crippen LogP contribution is 2.21. The number of rotatable bonds is 5. The molecule has 0 spiro atoms. The van der Waals surface area contributed by atoms with Crippen molar-refractivity contribution in [3.63, 3.8) is 0 Å². The van der Waals surface area contributed by atoms with Gasteiger partial charge in [-0.1, -0.05) is 0 Å². The van der Waals surface area contributed by atoms with E-state index in [4.69, 9.17) is 0 Å². The molecule has 0 aliphatic carbocycles.